The Morgan fingerprint density at radius 3 is 2.15 bits per heavy atom. The standard InChI is InChI=1S/C11H23NO/c1-3-9(4-2)12-10-5-7-11(13)8-6-10/h9-13H,3-8H2,1-2H3. The second-order valence-electron chi connectivity index (χ2n) is 4.19. The zero-order valence-electron chi connectivity index (χ0n) is 8.92. The van der Waals surface area contributed by atoms with Crippen LogP contribution in [0.1, 0.15) is 52.4 Å². The maximum Gasteiger partial charge on any atom is 0.0541 e. The minimum absolute atomic E-state index is 0.0280. The van der Waals surface area contributed by atoms with Crippen LogP contribution in [0.2, 0.25) is 0 Å². The highest BCUT2D eigenvalue weighted by molar-refractivity contribution is 4.79. The summed E-state index contributed by atoms with van der Waals surface area (Å²) >= 11 is 0. The van der Waals surface area contributed by atoms with Crippen molar-refractivity contribution < 1.29 is 5.11 Å². The summed E-state index contributed by atoms with van der Waals surface area (Å²) in [5.74, 6) is 0. The molecule has 0 atom stereocenters. The number of rotatable bonds is 4. The molecule has 0 saturated heterocycles. The lowest BCUT2D eigenvalue weighted by Gasteiger charge is -2.29. The van der Waals surface area contributed by atoms with Crippen LogP contribution < -0.4 is 5.32 Å². The first-order chi connectivity index (χ1) is 6.26. The average molecular weight is 185 g/mol. The number of nitrogens with one attached hydrogen (secondary N) is 1. The van der Waals surface area contributed by atoms with E-state index >= 15 is 0 Å². The van der Waals surface area contributed by atoms with Crippen molar-refractivity contribution in [2.45, 2.75) is 70.6 Å². The maximum atomic E-state index is 9.35. The van der Waals surface area contributed by atoms with E-state index in [1.54, 1.807) is 0 Å². The van der Waals surface area contributed by atoms with Gasteiger partial charge in [0.1, 0.15) is 0 Å². The fourth-order valence-electron chi connectivity index (χ4n) is 2.10. The predicted molar refractivity (Wildman–Crippen MR) is 55.8 cm³/mol. The van der Waals surface area contributed by atoms with Crippen LogP contribution >= 0.6 is 0 Å². The molecule has 13 heavy (non-hydrogen) atoms. The van der Waals surface area contributed by atoms with Gasteiger partial charge in [-0.3, -0.25) is 0 Å². The lowest BCUT2D eigenvalue weighted by molar-refractivity contribution is 0.114. The highest BCUT2D eigenvalue weighted by Crippen LogP contribution is 2.19. The van der Waals surface area contributed by atoms with Gasteiger partial charge in [0.25, 0.3) is 0 Å². The summed E-state index contributed by atoms with van der Waals surface area (Å²) in [7, 11) is 0. The molecule has 0 spiro atoms. The second kappa shape index (κ2) is 5.61. The van der Waals surface area contributed by atoms with Crippen molar-refractivity contribution >= 4 is 0 Å². The van der Waals surface area contributed by atoms with Gasteiger partial charge in [0.15, 0.2) is 0 Å². The van der Waals surface area contributed by atoms with Gasteiger partial charge in [0.05, 0.1) is 6.10 Å². The summed E-state index contributed by atoms with van der Waals surface area (Å²) in [6.07, 6.45) is 6.68. The molecule has 0 heterocycles. The lowest BCUT2D eigenvalue weighted by atomic mass is 9.92. The molecule has 2 N–H and O–H groups in total. The van der Waals surface area contributed by atoms with Gasteiger partial charge in [-0.1, -0.05) is 13.8 Å². The third-order valence-electron chi connectivity index (χ3n) is 3.15. The summed E-state index contributed by atoms with van der Waals surface area (Å²) in [5, 5.41) is 13.0. The van der Waals surface area contributed by atoms with Gasteiger partial charge in [0, 0.05) is 12.1 Å². The van der Waals surface area contributed by atoms with Crippen LogP contribution in [0.5, 0.6) is 0 Å². The van der Waals surface area contributed by atoms with E-state index in [0.29, 0.717) is 12.1 Å². The van der Waals surface area contributed by atoms with E-state index < -0.39 is 0 Å². The molecule has 0 radical (unpaired) electrons. The van der Waals surface area contributed by atoms with Crippen LogP contribution in [0, 0.1) is 0 Å². The largest absolute Gasteiger partial charge is 0.393 e. The molecule has 0 aromatic rings. The molecule has 1 aliphatic carbocycles. The van der Waals surface area contributed by atoms with E-state index in [9.17, 15) is 5.11 Å². The van der Waals surface area contributed by atoms with Gasteiger partial charge in [-0.15, -0.1) is 0 Å². The van der Waals surface area contributed by atoms with E-state index in [1.165, 1.54) is 12.8 Å². The van der Waals surface area contributed by atoms with Crippen LogP contribution in [0.4, 0.5) is 0 Å². The third kappa shape index (κ3) is 3.65. The van der Waals surface area contributed by atoms with Crippen LogP contribution in [0.3, 0.4) is 0 Å². The maximum absolute atomic E-state index is 9.35. The Hall–Kier alpha value is -0.0800. The Bertz CT molecular complexity index is 126. The Balaban J connectivity index is 2.21. The van der Waals surface area contributed by atoms with Gasteiger partial charge in [-0.2, -0.15) is 0 Å². The Morgan fingerprint density at radius 2 is 1.69 bits per heavy atom. The first-order valence-corrected chi connectivity index (χ1v) is 5.70. The van der Waals surface area contributed by atoms with Gasteiger partial charge in [-0.25, -0.2) is 0 Å². The molecule has 1 saturated carbocycles. The van der Waals surface area contributed by atoms with E-state index in [-0.39, 0.29) is 6.10 Å². The zero-order chi connectivity index (χ0) is 9.68. The van der Waals surface area contributed by atoms with E-state index in [0.717, 1.165) is 25.7 Å². The average Bonchev–Trinajstić information content (AvgIpc) is 2.17. The van der Waals surface area contributed by atoms with Gasteiger partial charge in [0.2, 0.25) is 0 Å². The van der Waals surface area contributed by atoms with Crippen LogP contribution in [0.15, 0.2) is 0 Å². The van der Waals surface area contributed by atoms with Crippen molar-refractivity contribution in [1.29, 1.82) is 0 Å². The second-order valence-corrected chi connectivity index (χ2v) is 4.19. The van der Waals surface area contributed by atoms with Gasteiger partial charge in [-0.05, 0) is 38.5 Å². The Labute approximate surface area is 81.7 Å². The molecule has 0 amide bonds. The Morgan fingerprint density at radius 1 is 1.15 bits per heavy atom. The predicted octanol–water partition coefficient (Wildman–Crippen LogP) is 2.07. The number of hydrogen-bond donors (Lipinski definition) is 2. The lowest BCUT2D eigenvalue weighted by Crippen LogP contribution is -2.40. The highest BCUT2D eigenvalue weighted by atomic mass is 16.3. The number of aliphatic hydroxyl groups is 1. The topological polar surface area (TPSA) is 32.3 Å². The van der Waals surface area contributed by atoms with E-state index in [1.807, 2.05) is 0 Å². The monoisotopic (exact) mass is 185 g/mol. The molecule has 78 valence electrons. The first kappa shape index (κ1) is 11.0. The van der Waals surface area contributed by atoms with Crippen molar-refractivity contribution in [3.63, 3.8) is 0 Å². The normalized spacial score (nSPS) is 29.5. The summed E-state index contributed by atoms with van der Waals surface area (Å²) in [5.41, 5.74) is 0. The molecular formula is C11H23NO. The fraction of sp³-hybridized carbons (Fsp3) is 1.00. The van der Waals surface area contributed by atoms with Gasteiger partial charge < -0.3 is 10.4 Å². The molecule has 0 unspecified atom stereocenters. The molecule has 0 aromatic heterocycles. The molecule has 2 heteroatoms. The summed E-state index contributed by atoms with van der Waals surface area (Å²) in [6, 6.07) is 1.34. The quantitative estimate of drug-likeness (QED) is 0.702. The molecule has 2 nitrogen and oxygen atoms in total. The van der Waals surface area contributed by atoms with Crippen LogP contribution in [-0.4, -0.2) is 23.3 Å². The SMILES string of the molecule is CCC(CC)NC1CCC(O)CC1. The smallest absolute Gasteiger partial charge is 0.0541 e. The van der Waals surface area contributed by atoms with Crippen LogP contribution in [-0.2, 0) is 0 Å². The number of aliphatic hydroxyl groups excluding tert-OH is 1. The Kier molecular flexibility index (Phi) is 4.74. The zero-order valence-corrected chi connectivity index (χ0v) is 8.92. The van der Waals surface area contributed by atoms with Crippen LogP contribution in [0.25, 0.3) is 0 Å². The summed E-state index contributed by atoms with van der Waals surface area (Å²) in [4.78, 5) is 0. The molecular weight excluding hydrogens is 162 g/mol. The molecule has 1 rings (SSSR count). The van der Waals surface area contributed by atoms with Crippen molar-refractivity contribution in [3.05, 3.63) is 0 Å². The number of hydrogen-bond acceptors (Lipinski definition) is 2. The minimum Gasteiger partial charge on any atom is -0.393 e. The molecule has 0 aromatic carbocycles. The van der Waals surface area contributed by atoms with E-state index in [2.05, 4.69) is 19.2 Å². The molecule has 0 bridgehead atoms. The molecule has 1 fully saturated rings. The third-order valence-corrected chi connectivity index (χ3v) is 3.15. The summed E-state index contributed by atoms with van der Waals surface area (Å²) in [6.45, 7) is 4.47. The van der Waals surface area contributed by atoms with Gasteiger partial charge >= 0.3 is 0 Å². The van der Waals surface area contributed by atoms with Crippen molar-refractivity contribution in [1.82, 2.24) is 5.32 Å². The van der Waals surface area contributed by atoms with Crippen molar-refractivity contribution in [2.24, 2.45) is 0 Å². The fourth-order valence-corrected chi connectivity index (χ4v) is 2.10. The highest BCUT2D eigenvalue weighted by Gasteiger charge is 2.20. The molecule has 1 aliphatic rings. The summed E-state index contributed by atoms with van der Waals surface area (Å²) < 4.78 is 0. The van der Waals surface area contributed by atoms with E-state index in [4.69, 9.17) is 0 Å². The van der Waals surface area contributed by atoms with Crippen molar-refractivity contribution in [2.75, 3.05) is 0 Å². The molecule has 0 aliphatic heterocycles. The van der Waals surface area contributed by atoms with Crippen molar-refractivity contribution in [3.8, 4) is 0 Å². The minimum atomic E-state index is -0.0280. The first-order valence-electron chi connectivity index (χ1n) is 5.70.